The van der Waals surface area contributed by atoms with Crippen molar-refractivity contribution in [3.63, 3.8) is 0 Å². The molecule has 4 nitrogen and oxygen atoms in total. The summed E-state index contributed by atoms with van der Waals surface area (Å²) in [4.78, 5) is 0. The molecule has 0 radical (unpaired) electrons. The predicted molar refractivity (Wildman–Crippen MR) is 89.2 cm³/mol. The summed E-state index contributed by atoms with van der Waals surface area (Å²) in [5.74, 6) is -0.395. The number of hydrogen-bond donors (Lipinski definition) is 2. The van der Waals surface area contributed by atoms with Crippen LogP contribution in [0.3, 0.4) is 0 Å². The molecule has 0 bridgehead atoms. The molecular formula is C17H27FO4Si. The molecule has 2 rings (SSSR count). The smallest absolute Gasteiger partial charge is 0.192 e. The lowest BCUT2D eigenvalue weighted by Crippen LogP contribution is -2.44. The molecule has 1 aliphatic rings. The molecule has 6 heteroatoms. The summed E-state index contributed by atoms with van der Waals surface area (Å²) in [6.45, 7) is 10.9. The van der Waals surface area contributed by atoms with Crippen molar-refractivity contribution < 1.29 is 23.8 Å². The van der Waals surface area contributed by atoms with Crippen molar-refractivity contribution >= 4 is 8.32 Å². The van der Waals surface area contributed by atoms with E-state index in [1.807, 2.05) is 0 Å². The van der Waals surface area contributed by atoms with Gasteiger partial charge in [-0.2, -0.15) is 0 Å². The highest BCUT2D eigenvalue weighted by Gasteiger charge is 2.45. The number of halogens is 1. The molecule has 1 heterocycles. The maximum absolute atomic E-state index is 13.4. The molecule has 2 N–H and O–H groups in total. The van der Waals surface area contributed by atoms with Crippen LogP contribution < -0.4 is 0 Å². The lowest BCUT2D eigenvalue weighted by molar-refractivity contribution is -0.0198. The van der Waals surface area contributed by atoms with Crippen LogP contribution in [0.15, 0.2) is 24.3 Å². The highest BCUT2D eigenvalue weighted by Crippen LogP contribution is 2.38. The fourth-order valence-electron chi connectivity index (χ4n) is 2.35. The molecule has 1 aromatic carbocycles. The fourth-order valence-corrected chi connectivity index (χ4v) is 3.37. The van der Waals surface area contributed by atoms with Gasteiger partial charge >= 0.3 is 0 Å². The Labute approximate surface area is 138 Å². The van der Waals surface area contributed by atoms with Crippen molar-refractivity contribution in [3.8, 4) is 0 Å². The van der Waals surface area contributed by atoms with E-state index in [1.165, 1.54) is 12.1 Å². The molecule has 23 heavy (non-hydrogen) atoms. The van der Waals surface area contributed by atoms with E-state index in [1.54, 1.807) is 12.1 Å². The quantitative estimate of drug-likeness (QED) is 0.826. The van der Waals surface area contributed by atoms with Crippen LogP contribution in [0.5, 0.6) is 0 Å². The van der Waals surface area contributed by atoms with Gasteiger partial charge in [0.15, 0.2) is 8.32 Å². The minimum atomic E-state index is -1.97. The molecule has 0 saturated carbocycles. The van der Waals surface area contributed by atoms with Crippen molar-refractivity contribution in [1.29, 1.82) is 0 Å². The zero-order chi connectivity index (χ0) is 17.4. The lowest BCUT2D eigenvalue weighted by atomic mass is 10.0. The number of aliphatic hydroxyl groups excluding tert-OH is 2. The van der Waals surface area contributed by atoms with E-state index in [4.69, 9.17) is 9.16 Å². The first kappa shape index (κ1) is 18.5. The van der Waals surface area contributed by atoms with E-state index in [2.05, 4.69) is 33.9 Å². The summed E-state index contributed by atoms with van der Waals surface area (Å²) in [6, 6.07) is 5.89. The zero-order valence-corrected chi connectivity index (χ0v) is 15.4. The number of hydrogen-bond acceptors (Lipinski definition) is 4. The molecule has 1 saturated heterocycles. The first-order valence-electron chi connectivity index (χ1n) is 7.94. The summed E-state index contributed by atoms with van der Waals surface area (Å²) in [7, 11) is -1.97. The number of aliphatic hydroxyl groups is 2. The summed E-state index contributed by atoms with van der Waals surface area (Å²) in [5, 5.41) is 20.5. The predicted octanol–water partition coefficient (Wildman–Crippen LogP) is 3.01. The van der Waals surface area contributed by atoms with Crippen LogP contribution in [-0.2, 0) is 9.16 Å². The number of ether oxygens (including phenoxy) is 1. The molecule has 0 spiro atoms. The molecule has 0 amide bonds. The number of benzene rings is 1. The van der Waals surface area contributed by atoms with Gasteiger partial charge in [0.25, 0.3) is 0 Å². The van der Waals surface area contributed by atoms with Crippen LogP contribution in [0.4, 0.5) is 4.39 Å². The Morgan fingerprint density at radius 2 is 1.87 bits per heavy atom. The lowest BCUT2D eigenvalue weighted by Gasteiger charge is -2.37. The van der Waals surface area contributed by atoms with E-state index in [9.17, 15) is 14.6 Å². The molecule has 0 aliphatic carbocycles. The van der Waals surface area contributed by atoms with Crippen molar-refractivity contribution in [2.24, 2.45) is 0 Å². The molecule has 1 aliphatic heterocycles. The fraction of sp³-hybridized carbons (Fsp3) is 0.647. The molecular weight excluding hydrogens is 315 g/mol. The van der Waals surface area contributed by atoms with Gasteiger partial charge in [0, 0.05) is 0 Å². The summed E-state index contributed by atoms with van der Waals surface area (Å²) in [6.07, 6.45) is -3.50. The Hall–Kier alpha value is -0.793. The minimum Gasteiger partial charge on any atom is -0.414 e. The summed E-state index contributed by atoms with van der Waals surface area (Å²) >= 11 is 0. The third kappa shape index (κ3) is 4.00. The van der Waals surface area contributed by atoms with Gasteiger partial charge in [-0.15, -0.1) is 0 Å². The Morgan fingerprint density at radius 3 is 2.43 bits per heavy atom. The van der Waals surface area contributed by atoms with E-state index in [-0.39, 0.29) is 11.6 Å². The van der Waals surface area contributed by atoms with Gasteiger partial charge in [-0.05, 0) is 35.8 Å². The maximum atomic E-state index is 13.4. The van der Waals surface area contributed by atoms with Gasteiger partial charge < -0.3 is 19.4 Å². The van der Waals surface area contributed by atoms with Crippen molar-refractivity contribution in [3.05, 3.63) is 35.6 Å². The minimum absolute atomic E-state index is 0.0527. The average molecular weight is 342 g/mol. The Morgan fingerprint density at radius 1 is 1.22 bits per heavy atom. The second-order valence-corrected chi connectivity index (χ2v) is 12.5. The van der Waals surface area contributed by atoms with Crippen LogP contribution in [0, 0.1) is 5.82 Å². The third-order valence-electron chi connectivity index (χ3n) is 4.95. The van der Waals surface area contributed by atoms with Crippen LogP contribution in [0.1, 0.15) is 32.4 Å². The highest BCUT2D eigenvalue weighted by molar-refractivity contribution is 6.74. The Bertz CT molecular complexity index is 544. The second-order valence-electron chi connectivity index (χ2n) is 7.70. The van der Waals surface area contributed by atoms with Gasteiger partial charge in [0.05, 0.1) is 6.61 Å². The van der Waals surface area contributed by atoms with Crippen LogP contribution in [0.25, 0.3) is 0 Å². The van der Waals surface area contributed by atoms with E-state index in [0.29, 0.717) is 5.56 Å². The monoisotopic (exact) mass is 342 g/mol. The Kier molecular flexibility index (Phi) is 5.33. The molecule has 0 aromatic heterocycles. The average Bonchev–Trinajstić information content (AvgIpc) is 2.72. The van der Waals surface area contributed by atoms with Crippen LogP contribution >= 0.6 is 0 Å². The Balaban J connectivity index is 2.06. The van der Waals surface area contributed by atoms with Gasteiger partial charge in [0.1, 0.15) is 30.2 Å². The van der Waals surface area contributed by atoms with Gasteiger partial charge in [-0.1, -0.05) is 32.9 Å². The van der Waals surface area contributed by atoms with Crippen molar-refractivity contribution in [1.82, 2.24) is 0 Å². The normalized spacial score (nSPS) is 29.0. The van der Waals surface area contributed by atoms with E-state index in [0.717, 1.165) is 0 Å². The van der Waals surface area contributed by atoms with Gasteiger partial charge in [-0.25, -0.2) is 4.39 Å². The third-order valence-corrected chi connectivity index (χ3v) is 9.45. The van der Waals surface area contributed by atoms with Crippen LogP contribution in [-0.4, -0.2) is 43.4 Å². The van der Waals surface area contributed by atoms with Crippen LogP contribution in [0.2, 0.25) is 18.1 Å². The number of rotatable bonds is 4. The molecule has 4 atom stereocenters. The molecule has 130 valence electrons. The maximum Gasteiger partial charge on any atom is 0.192 e. The van der Waals surface area contributed by atoms with E-state index >= 15 is 0 Å². The summed E-state index contributed by atoms with van der Waals surface area (Å²) in [5.41, 5.74) is 0.520. The highest BCUT2D eigenvalue weighted by atomic mass is 28.4. The molecule has 0 unspecified atom stereocenters. The molecule has 1 fully saturated rings. The first-order chi connectivity index (χ1) is 10.5. The zero-order valence-electron chi connectivity index (χ0n) is 14.4. The summed E-state index contributed by atoms with van der Waals surface area (Å²) < 4.78 is 25.2. The largest absolute Gasteiger partial charge is 0.414 e. The second kappa shape index (κ2) is 6.61. The molecule has 1 aromatic rings. The standard InChI is InChI=1S/C17H27FO4Si/c1-17(2,3)23(4,5)21-10-13-14(19)15(20)16(22-13)11-7-6-8-12(18)9-11/h6-9,13-16,19-20H,10H2,1-5H3/t13-,14-,15-,16+/m1/s1. The SMILES string of the molecule is CC(C)(C)[Si](C)(C)OC[C@H]1O[C@@H](c2cccc(F)c2)[C@H](O)[C@@H]1O. The van der Waals surface area contributed by atoms with Crippen molar-refractivity contribution in [2.75, 3.05) is 6.61 Å². The topological polar surface area (TPSA) is 58.9 Å². The van der Waals surface area contributed by atoms with Gasteiger partial charge in [0.2, 0.25) is 0 Å². The first-order valence-corrected chi connectivity index (χ1v) is 10.8. The van der Waals surface area contributed by atoms with Gasteiger partial charge in [-0.3, -0.25) is 0 Å². The van der Waals surface area contributed by atoms with E-state index < -0.39 is 38.6 Å². The van der Waals surface area contributed by atoms with Crippen molar-refractivity contribution in [2.45, 2.75) is 63.3 Å².